The predicted octanol–water partition coefficient (Wildman–Crippen LogP) is 3.16. The van der Waals surface area contributed by atoms with Gasteiger partial charge in [-0.3, -0.25) is 5.10 Å². The van der Waals surface area contributed by atoms with Crippen molar-refractivity contribution >= 4 is 31.6 Å². The van der Waals surface area contributed by atoms with E-state index in [4.69, 9.17) is 0 Å². The van der Waals surface area contributed by atoms with Gasteiger partial charge in [0.05, 0.1) is 27.6 Å². The molecule has 24 heavy (non-hydrogen) atoms. The molecule has 6 nitrogen and oxygen atoms in total. The first-order valence-corrected chi connectivity index (χ1v) is 10.1. The summed E-state index contributed by atoms with van der Waals surface area (Å²) in [7, 11) is -3.59. The fourth-order valence-corrected chi connectivity index (χ4v) is 6.52. The maximum Gasteiger partial charge on any atom is 0.247 e. The van der Waals surface area contributed by atoms with Crippen LogP contribution in [-0.2, 0) is 10.0 Å². The van der Waals surface area contributed by atoms with Crippen molar-refractivity contribution in [2.45, 2.75) is 37.6 Å². The van der Waals surface area contributed by atoms with Crippen molar-refractivity contribution < 1.29 is 8.42 Å². The maximum absolute atomic E-state index is 13.2. The molecule has 1 aromatic carbocycles. The molecule has 0 bridgehead atoms. The molecule has 2 aromatic heterocycles. The number of aromatic amines is 1. The van der Waals surface area contributed by atoms with Gasteiger partial charge in [-0.15, -0.1) is 11.3 Å². The first-order chi connectivity index (χ1) is 11.5. The molecule has 1 aliphatic rings. The van der Waals surface area contributed by atoms with Gasteiger partial charge in [-0.25, -0.2) is 13.4 Å². The summed E-state index contributed by atoms with van der Waals surface area (Å²) in [6.07, 6.45) is 1.64. The Hall–Kier alpha value is -1.77. The molecule has 0 unspecified atom stereocenters. The number of rotatable bonds is 3. The summed E-state index contributed by atoms with van der Waals surface area (Å²) >= 11 is 1.58. The number of sulfonamides is 1. The summed E-state index contributed by atoms with van der Waals surface area (Å²) in [5.74, 6) is 0. The summed E-state index contributed by atoms with van der Waals surface area (Å²) in [4.78, 5) is 4.98. The topological polar surface area (TPSA) is 79.0 Å². The van der Waals surface area contributed by atoms with Crippen molar-refractivity contribution in [2.75, 3.05) is 6.54 Å². The Morgan fingerprint density at radius 2 is 2.08 bits per heavy atom. The lowest BCUT2D eigenvalue weighted by Gasteiger charge is -2.22. The third kappa shape index (κ3) is 2.37. The minimum Gasteiger partial charge on any atom is -0.281 e. The molecule has 126 valence electrons. The van der Waals surface area contributed by atoms with Crippen LogP contribution in [0.4, 0.5) is 0 Å². The van der Waals surface area contributed by atoms with E-state index >= 15 is 0 Å². The van der Waals surface area contributed by atoms with E-state index in [1.54, 1.807) is 29.5 Å². The highest BCUT2D eigenvalue weighted by atomic mass is 32.2. The quantitative estimate of drug-likeness (QED) is 0.776. The number of thiazole rings is 1. The average molecular weight is 362 g/mol. The van der Waals surface area contributed by atoms with Gasteiger partial charge in [-0.2, -0.15) is 9.40 Å². The second-order valence-electron chi connectivity index (χ2n) is 6.06. The van der Waals surface area contributed by atoms with E-state index in [-0.39, 0.29) is 6.04 Å². The number of benzene rings is 1. The molecular weight excluding hydrogens is 344 g/mol. The molecule has 0 spiro atoms. The number of fused-ring (bicyclic) bond motifs is 1. The maximum atomic E-state index is 13.2. The van der Waals surface area contributed by atoms with Crippen LogP contribution in [0.3, 0.4) is 0 Å². The van der Waals surface area contributed by atoms with E-state index in [0.29, 0.717) is 22.8 Å². The van der Waals surface area contributed by atoms with E-state index in [0.717, 1.165) is 28.1 Å². The van der Waals surface area contributed by atoms with Crippen LogP contribution >= 0.6 is 11.3 Å². The van der Waals surface area contributed by atoms with Crippen LogP contribution < -0.4 is 0 Å². The summed E-state index contributed by atoms with van der Waals surface area (Å²) in [5, 5.41) is 7.69. The minimum absolute atomic E-state index is 0.193. The molecule has 1 aliphatic heterocycles. The van der Waals surface area contributed by atoms with E-state index in [9.17, 15) is 8.42 Å². The van der Waals surface area contributed by atoms with Crippen molar-refractivity contribution in [1.29, 1.82) is 0 Å². The van der Waals surface area contributed by atoms with Gasteiger partial charge in [-0.1, -0.05) is 12.1 Å². The predicted molar refractivity (Wildman–Crippen MR) is 93.5 cm³/mol. The van der Waals surface area contributed by atoms with Gasteiger partial charge in [0.15, 0.2) is 0 Å². The summed E-state index contributed by atoms with van der Waals surface area (Å²) in [5.41, 5.74) is 2.03. The van der Waals surface area contributed by atoms with Crippen LogP contribution in [0.15, 0.2) is 29.2 Å². The first kappa shape index (κ1) is 15.7. The molecule has 1 saturated heterocycles. The number of aromatic nitrogens is 3. The SMILES string of the molecule is Cc1n[nH]c(C)c1S(=O)(=O)N1CCC[C@@H]1c1nc2ccccc2s1. The second-order valence-corrected chi connectivity index (χ2v) is 8.95. The van der Waals surface area contributed by atoms with E-state index in [1.807, 2.05) is 24.3 Å². The highest BCUT2D eigenvalue weighted by Gasteiger charge is 2.39. The van der Waals surface area contributed by atoms with Gasteiger partial charge in [-0.05, 0) is 38.8 Å². The average Bonchev–Trinajstić information content (AvgIpc) is 3.24. The highest BCUT2D eigenvalue weighted by molar-refractivity contribution is 7.89. The van der Waals surface area contributed by atoms with Crippen molar-refractivity contribution in [2.24, 2.45) is 0 Å². The Morgan fingerprint density at radius 3 is 2.79 bits per heavy atom. The molecule has 0 saturated carbocycles. The smallest absolute Gasteiger partial charge is 0.247 e. The molecule has 3 aromatic rings. The number of para-hydroxylation sites is 1. The fourth-order valence-electron chi connectivity index (χ4n) is 3.35. The molecule has 1 fully saturated rings. The van der Waals surface area contributed by atoms with Crippen LogP contribution in [-0.4, -0.2) is 34.4 Å². The number of hydrogen-bond acceptors (Lipinski definition) is 5. The molecular formula is C16H18N4O2S2. The lowest BCUT2D eigenvalue weighted by atomic mass is 10.2. The van der Waals surface area contributed by atoms with Gasteiger partial charge in [0.25, 0.3) is 0 Å². The molecule has 8 heteroatoms. The van der Waals surface area contributed by atoms with Gasteiger partial charge in [0.2, 0.25) is 10.0 Å². The van der Waals surface area contributed by atoms with Crippen LogP contribution in [0.2, 0.25) is 0 Å². The molecule has 0 aliphatic carbocycles. The summed E-state index contributed by atoms with van der Waals surface area (Å²) < 4.78 is 29.0. The Bertz CT molecular complexity index is 954. The van der Waals surface area contributed by atoms with Crippen molar-refractivity contribution in [1.82, 2.24) is 19.5 Å². The second kappa shape index (κ2) is 5.65. The van der Waals surface area contributed by atoms with Crippen LogP contribution in [0.25, 0.3) is 10.2 Å². The Morgan fingerprint density at radius 1 is 1.29 bits per heavy atom. The van der Waals surface area contributed by atoms with Gasteiger partial charge < -0.3 is 0 Å². The summed E-state index contributed by atoms with van der Waals surface area (Å²) in [6.45, 7) is 3.99. The minimum atomic E-state index is -3.59. The Labute approximate surface area is 144 Å². The third-order valence-corrected chi connectivity index (χ3v) is 7.74. The standard InChI is InChI=1S/C16H18N4O2S2/c1-10-15(11(2)19-18-10)24(21,22)20-9-5-7-13(20)16-17-12-6-3-4-8-14(12)23-16/h3-4,6,8,13H,5,7,9H2,1-2H3,(H,18,19)/t13-/m1/s1. The zero-order valence-corrected chi connectivity index (χ0v) is 15.1. The number of nitrogens with one attached hydrogen (secondary N) is 1. The number of H-pyrrole nitrogens is 1. The van der Waals surface area contributed by atoms with E-state index < -0.39 is 10.0 Å². The van der Waals surface area contributed by atoms with Crippen LogP contribution in [0, 0.1) is 13.8 Å². The van der Waals surface area contributed by atoms with Crippen molar-refractivity contribution in [3.8, 4) is 0 Å². The Kier molecular flexibility index (Phi) is 3.70. The molecule has 0 radical (unpaired) electrons. The molecule has 1 atom stereocenters. The number of hydrogen-bond donors (Lipinski definition) is 1. The van der Waals surface area contributed by atoms with Gasteiger partial charge in [0, 0.05) is 6.54 Å². The lowest BCUT2D eigenvalue weighted by Crippen LogP contribution is -2.31. The fraction of sp³-hybridized carbons (Fsp3) is 0.375. The van der Waals surface area contributed by atoms with Crippen molar-refractivity contribution in [3.05, 3.63) is 40.7 Å². The first-order valence-electron chi connectivity index (χ1n) is 7.87. The zero-order chi connectivity index (χ0) is 16.9. The van der Waals surface area contributed by atoms with Gasteiger partial charge in [0.1, 0.15) is 9.90 Å². The number of nitrogens with zero attached hydrogens (tertiary/aromatic N) is 3. The molecule has 3 heterocycles. The van der Waals surface area contributed by atoms with Crippen molar-refractivity contribution in [3.63, 3.8) is 0 Å². The third-order valence-electron chi connectivity index (χ3n) is 4.43. The largest absolute Gasteiger partial charge is 0.281 e. The normalized spacial score (nSPS) is 19.3. The van der Waals surface area contributed by atoms with Crippen LogP contribution in [0.5, 0.6) is 0 Å². The molecule has 1 N–H and O–H groups in total. The Balaban J connectivity index is 1.77. The highest BCUT2D eigenvalue weighted by Crippen LogP contribution is 2.40. The molecule has 0 amide bonds. The van der Waals surface area contributed by atoms with Gasteiger partial charge >= 0.3 is 0 Å². The zero-order valence-electron chi connectivity index (χ0n) is 13.5. The lowest BCUT2D eigenvalue weighted by molar-refractivity contribution is 0.395. The molecule has 4 rings (SSSR count). The monoisotopic (exact) mass is 362 g/mol. The van der Waals surface area contributed by atoms with E-state index in [1.165, 1.54) is 0 Å². The number of aryl methyl sites for hydroxylation is 2. The summed E-state index contributed by atoms with van der Waals surface area (Å²) in [6, 6.07) is 7.72. The van der Waals surface area contributed by atoms with E-state index in [2.05, 4.69) is 15.2 Å². The van der Waals surface area contributed by atoms with Crippen LogP contribution in [0.1, 0.15) is 35.3 Å².